The number of anilines is 2. The van der Waals surface area contributed by atoms with Crippen LogP contribution < -0.4 is 10.0 Å². The highest BCUT2D eigenvalue weighted by molar-refractivity contribution is 7.89. The van der Waals surface area contributed by atoms with Gasteiger partial charge in [-0.3, -0.25) is 4.68 Å². The van der Waals surface area contributed by atoms with Crippen LogP contribution in [0.1, 0.15) is 37.9 Å². The molecule has 0 spiro atoms. The molecule has 2 aromatic heterocycles. The summed E-state index contributed by atoms with van der Waals surface area (Å²) in [4.78, 5) is 9.01. The molecule has 1 aromatic carbocycles. The van der Waals surface area contributed by atoms with Gasteiger partial charge in [0, 0.05) is 36.2 Å². The minimum absolute atomic E-state index is 0.0653. The van der Waals surface area contributed by atoms with Crippen LogP contribution in [0.5, 0.6) is 0 Å². The quantitative estimate of drug-likeness (QED) is 0.586. The molecular formula is C20H26N6O2S. The maximum atomic E-state index is 11.5. The van der Waals surface area contributed by atoms with Crippen molar-refractivity contribution >= 4 is 21.7 Å². The fraction of sp³-hybridized carbons (Fsp3) is 0.350. The van der Waals surface area contributed by atoms with E-state index in [4.69, 9.17) is 0 Å². The van der Waals surface area contributed by atoms with Crippen molar-refractivity contribution in [2.75, 3.05) is 11.1 Å². The van der Waals surface area contributed by atoms with Crippen molar-refractivity contribution < 1.29 is 8.42 Å². The smallest absolute Gasteiger partial charge is 0.227 e. The lowest BCUT2D eigenvalue weighted by Gasteiger charge is -2.09. The van der Waals surface area contributed by atoms with Crippen molar-refractivity contribution in [3.05, 3.63) is 54.0 Å². The molecule has 9 heteroatoms. The molecule has 3 aromatic rings. The Kier molecular flexibility index (Phi) is 6.29. The van der Waals surface area contributed by atoms with E-state index in [1.807, 2.05) is 48.3 Å². The fourth-order valence-electron chi connectivity index (χ4n) is 2.67. The average molecular weight is 415 g/mol. The van der Waals surface area contributed by atoms with Gasteiger partial charge in [-0.15, -0.1) is 0 Å². The third-order valence-corrected chi connectivity index (χ3v) is 5.81. The van der Waals surface area contributed by atoms with Gasteiger partial charge in [-0.2, -0.15) is 5.10 Å². The first-order valence-corrected chi connectivity index (χ1v) is 11.1. The summed E-state index contributed by atoms with van der Waals surface area (Å²) in [6, 6.07) is 7.75. The molecule has 0 amide bonds. The number of aromatic nitrogens is 4. The van der Waals surface area contributed by atoms with Crippen LogP contribution in [0.4, 0.5) is 11.6 Å². The summed E-state index contributed by atoms with van der Waals surface area (Å²) >= 11 is 0. The molecule has 0 bridgehead atoms. The van der Waals surface area contributed by atoms with Crippen LogP contribution in [0.2, 0.25) is 0 Å². The summed E-state index contributed by atoms with van der Waals surface area (Å²) in [5, 5.41) is 7.58. The van der Waals surface area contributed by atoms with Crippen LogP contribution in [0.3, 0.4) is 0 Å². The van der Waals surface area contributed by atoms with Gasteiger partial charge in [0.2, 0.25) is 16.0 Å². The zero-order chi connectivity index (χ0) is 21.0. The van der Waals surface area contributed by atoms with Crippen molar-refractivity contribution in [1.82, 2.24) is 24.5 Å². The summed E-state index contributed by atoms with van der Waals surface area (Å²) < 4.78 is 27.6. The molecule has 0 fully saturated rings. The maximum absolute atomic E-state index is 11.5. The fourth-order valence-corrected chi connectivity index (χ4v) is 3.26. The molecule has 0 saturated heterocycles. The van der Waals surface area contributed by atoms with Crippen molar-refractivity contribution in [3.63, 3.8) is 0 Å². The number of hydrogen-bond acceptors (Lipinski definition) is 6. The molecule has 154 valence electrons. The number of hydrogen-bond donors (Lipinski definition) is 2. The molecule has 2 N–H and O–H groups in total. The van der Waals surface area contributed by atoms with E-state index in [0.717, 1.165) is 28.1 Å². The predicted molar refractivity (Wildman–Crippen MR) is 114 cm³/mol. The second-order valence-electron chi connectivity index (χ2n) is 7.07. The Hall–Kier alpha value is -2.78. The van der Waals surface area contributed by atoms with E-state index < -0.39 is 10.0 Å². The average Bonchev–Trinajstić information content (AvgIpc) is 3.19. The summed E-state index contributed by atoms with van der Waals surface area (Å²) in [5.41, 5.74) is 4.44. The maximum Gasteiger partial charge on any atom is 0.227 e. The molecule has 3 rings (SSSR count). The van der Waals surface area contributed by atoms with E-state index in [9.17, 15) is 8.42 Å². The standard InChI is InChI=1S/C20H26N6O2S/c1-5-29(27,28)23-11-16-6-8-18(9-7-16)24-20-21-10-15(4)19(25-20)17-12-22-26(13-17)14(2)3/h6-10,12-14,23H,5,11H2,1-4H3,(H,21,24,25). The van der Waals surface area contributed by atoms with E-state index >= 15 is 0 Å². The molecule has 0 aliphatic rings. The van der Waals surface area contributed by atoms with E-state index in [2.05, 4.69) is 39.0 Å². The van der Waals surface area contributed by atoms with Crippen molar-refractivity contribution in [2.24, 2.45) is 0 Å². The second-order valence-corrected chi connectivity index (χ2v) is 9.17. The van der Waals surface area contributed by atoms with Crippen LogP contribution in [0.25, 0.3) is 11.3 Å². The Morgan fingerprint density at radius 1 is 1.14 bits per heavy atom. The van der Waals surface area contributed by atoms with E-state index in [1.165, 1.54) is 0 Å². The summed E-state index contributed by atoms with van der Waals surface area (Å²) in [5.74, 6) is 0.554. The first-order chi connectivity index (χ1) is 13.8. The van der Waals surface area contributed by atoms with Crippen molar-refractivity contribution in [2.45, 2.75) is 40.3 Å². The SMILES string of the molecule is CCS(=O)(=O)NCc1ccc(Nc2ncc(C)c(-c3cnn(C(C)C)c3)n2)cc1. The molecule has 2 heterocycles. The predicted octanol–water partition coefficient (Wildman–Crippen LogP) is 3.41. The van der Waals surface area contributed by atoms with Gasteiger partial charge in [-0.05, 0) is 51.0 Å². The molecule has 0 unspecified atom stereocenters. The molecule has 0 aliphatic carbocycles. The number of nitrogens with zero attached hydrogens (tertiary/aromatic N) is 4. The topological polar surface area (TPSA) is 102 Å². The van der Waals surface area contributed by atoms with Gasteiger partial charge in [0.05, 0.1) is 17.6 Å². The van der Waals surface area contributed by atoms with Crippen LogP contribution in [-0.4, -0.2) is 33.9 Å². The minimum atomic E-state index is -3.21. The van der Waals surface area contributed by atoms with Crippen LogP contribution in [0.15, 0.2) is 42.9 Å². The van der Waals surface area contributed by atoms with Gasteiger partial charge in [-0.25, -0.2) is 23.1 Å². The second kappa shape index (κ2) is 8.71. The van der Waals surface area contributed by atoms with E-state index in [-0.39, 0.29) is 18.3 Å². The van der Waals surface area contributed by atoms with Gasteiger partial charge >= 0.3 is 0 Å². The Morgan fingerprint density at radius 3 is 2.48 bits per heavy atom. The van der Waals surface area contributed by atoms with Crippen molar-refractivity contribution in [3.8, 4) is 11.3 Å². The first kappa shape index (κ1) is 20.9. The molecule has 0 saturated carbocycles. The van der Waals surface area contributed by atoms with Crippen LogP contribution in [-0.2, 0) is 16.6 Å². The normalized spacial score (nSPS) is 11.8. The summed E-state index contributed by atoms with van der Waals surface area (Å²) in [6.45, 7) is 8.00. The van der Waals surface area contributed by atoms with Crippen LogP contribution in [0, 0.1) is 6.92 Å². The lowest BCUT2D eigenvalue weighted by Crippen LogP contribution is -2.24. The molecule has 0 aliphatic heterocycles. The highest BCUT2D eigenvalue weighted by Gasteiger charge is 2.11. The largest absolute Gasteiger partial charge is 0.324 e. The molecule has 0 atom stereocenters. The van der Waals surface area contributed by atoms with Gasteiger partial charge in [0.25, 0.3) is 0 Å². The Balaban J connectivity index is 1.73. The number of rotatable bonds is 8. The molecule has 0 radical (unpaired) electrons. The van der Waals surface area contributed by atoms with Gasteiger partial charge in [0.1, 0.15) is 0 Å². The monoisotopic (exact) mass is 414 g/mol. The third-order valence-electron chi connectivity index (χ3n) is 4.46. The van der Waals surface area contributed by atoms with Gasteiger partial charge < -0.3 is 5.32 Å². The van der Waals surface area contributed by atoms with E-state index in [1.54, 1.807) is 13.1 Å². The number of sulfonamides is 1. The first-order valence-electron chi connectivity index (χ1n) is 9.49. The molecular weight excluding hydrogens is 388 g/mol. The number of nitrogens with one attached hydrogen (secondary N) is 2. The summed E-state index contributed by atoms with van der Waals surface area (Å²) in [7, 11) is -3.21. The lowest BCUT2D eigenvalue weighted by molar-refractivity contribution is 0.532. The number of aryl methyl sites for hydroxylation is 1. The minimum Gasteiger partial charge on any atom is -0.324 e. The molecule has 29 heavy (non-hydrogen) atoms. The Bertz CT molecular complexity index is 1070. The summed E-state index contributed by atoms with van der Waals surface area (Å²) in [6.07, 6.45) is 5.58. The van der Waals surface area contributed by atoms with Crippen LogP contribution >= 0.6 is 0 Å². The number of benzene rings is 1. The highest BCUT2D eigenvalue weighted by Crippen LogP contribution is 2.23. The van der Waals surface area contributed by atoms with Crippen molar-refractivity contribution in [1.29, 1.82) is 0 Å². The zero-order valence-electron chi connectivity index (χ0n) is 17.0. The molecule has 8 nitrogen and oxygen atoms in total. The Labute approximate surface area is 171 Å². The lowest BCUT2D eigenvalue weighted by atomic mass is 10.1. The van der Waals surface area contributed by atoms with Gasteiger partial charge in [-0.1, -0.05) is 12.1 Å². The van der Waals surface area contributed by atoms with E-state index in [0.29, 0.717) is 5.95 Å². The Morgan fingerprint density at radius 2 is 1.86 bits per heavy atom. The third kappa shape index (κ3) is 5.39. The zero-order valence-corrected chi connectivity index (χ0v) is 17.9. The highest BCUT2D eigenvalue weighted by atomic mass is 32.2. The van der Waals surface area contributed by atoms with Gasteiger partial charge in [0.15, 0.2) is 0 Å².